The van der Waals surface area contributed by atoms with E-state index in [1.54, 1.807) is 12.1 Å². The first kappa shape index (κ1) is 16.9. The summed E-state index contributed by atoms with van der Waals surface area (Å²) in [5, 5.41) is 11.7. The van der Waals surface area contributed by atoms with E-state index < -0.39 is 5.97 Å². The summed E-state index contributed by atoms with van der Waals surface area (Å²) < 4.78 is 11.3. The van der Waals surface area contributed by atoms with Gasteiger partial charge < -0.3 is 25.1 Å². The molecule has 0 aliphatic rings. The molecule has 0 fully saturated rings. The topological polar surface area (TPSA) is 119 Å². The number of ether oxygens (including phenoxy) is 2. The third-order valence-corrected chi connectivity index (χ3v) is 3.48. The molecule has 124 valence electrons. The molecule has 0 unspecified atom stereocenters. The number of methoxy groups -OCH3 is 2. The van der Waals surface area contributed by atoms with Crippen molar-refractivity contribution in [2.75, 3.05) is 27.0 Å². The van der Waals surface area contributed by atoms with Crippen LogP contribution in [-0.2, 0) is 4.74 Å². The molecule has 1 heterocycles. The van der Waals surface area contributed by atoms with Gasteiger partial charge in [-0.25, -0.2) is 4.79 Å². The van der Waals surface area contributed by atoms with Crippen molar-refractivity contribution in [3.63, 3.8) is 0 Å². The first-order valence-electron chi connectivity index (χ1n) is 6.88. The van der Waals surface area contributed by atoms with Crippen molar-refractivity contribution in [3.05, 3.63) is 41.2 Å². The predicted molar refractivity (Wildman–Crippen MR) is 86.2 cm³/mol. The van der Waals surface area contributed by atoms with Crippen LogP contribution in [0.2, 0.25) is 0 Å². The second kappa shape index (κ2) is 6.75. The van der Waals surface area contributed by atoms with E-state index in [4.69, 9.17) is 20.5 Å². The fraction of sp³-hybridized carbons (Fsp3) is 0.188. The number of esters is 1. The quantitative estimate of drug-likeness (QED) is 0.811. The summed E-state index contributed by atoms with van der Waals surface area (Å²) >= 11 is 0. The molecular formula is C16H16N4O4. The minimum absolute atomic E-state index is 0.0154. The van der Waals surface area contributed by atoms with Crippen molar-refractivity contribution in [3.8, 4) is 17.5 Å². The van der Waals surface area contributed by atoms with Gasteiger partial charge >= 0.3 is 5.97 Å². The fourth-order valence-corrected chi connectivity index (χ4v) is 2.28. The van der Waals surface area contributed by atoms with Crippen LogP contribution >= 0.6 is 0 Å². The van der Waals surface area contributed by atoms with Gasteiger partial charge in [0.25, 0.3) is 5.91 Å². The summed E-state index contributed by atoms with van der Waals surface area (Å²) in [6, 6.07) is 6.67. The predicted octanol–water partition coefficient (Wildman–Crippen LogP) is 1.09. The van der Waals surface area contributed by atoms with Gasteiger partial charge in [0.05, 0.1) is 31.0 Å². The molecule has 1 aromatic carbocycles. The highest BCUT2D eigenvalue weighted by atomic mass is 16.5. The molecule has 2 rings (SSSR count). The van der Waals surface area contributed by atoms with E-state index >= 15 is 0 Å². The van der Waals surface area contributed by atoms with E-state index in [-0.39, 0.29) is 28.4 Å². The van der Waals surface area contributed by atoms with Gasteiger partial charge in [-0.15, -0.1) is 0 Å². The lowest BCUT2D eigenvalue weighted by atomic mass is 10.1. The van der Waals surface area contributed by atoms with Gasteiger partial charge in [-0.1, -0.05) is 0 Å². The highest BCUT2D eigenvalue weighted by Crippen LogP contribution is 2.28. The minimum atomic E-state index is -0.689. The third kappa shape index (κ3) is 2.75. The lowest BCUT2D eigenvalue weighted by Crippen LogP contribution is -2.19. The Bertz CT molecular complexity index is 848. The van der Waals surface area contributed by atoms with E-state index in [1.165, 1.54) is 38.1 Å². The number of nitrogens with two attached hydrogens (primary N) is 1. The van der Waals surface area contributed by atoms with Crippen LogP contribution in [0.3, 0.4) is 0 Å². The second-order valence-corrected chi connectivity index (χ2v) is 4.74. The van der Waals surface area contributed by atoms with E-state index in [1.807, 2.05) is 6.07 Å². The van der Waals surface area contributed by atoms with Crippen molar-refractivity contribution >= 4 is 17.6 Å². The lowest BCUT2D eigenvalue weighted by molar-refractivity contribution is 0.0593. The molecule has 24 heavy (non-hydrogen) atoms. The number of rotatable bonds is 4. The van der Waals surface area contributed by atoms with Crippen molar-refractivity contribution in [2.45, 2.75) is 0 Å². The second-order valence-electron chi connectivity index (χ2n) is 4.74. The van der Waals surface area contributed by atoms with Crippen LogP contribution in [0, 0.1) is 11.3 Å². The molecule has 0 spiro atoms. The zero-order valence-electron chi connectivity index (χ0n) is 13.4. The molecule has 3 N–H and O–H groups in total. The van der Waals surface area contributed by atoms with Crippen LogP contribution in [0.15, 0.2) is 24.4 Å². The summed E-state index contributed by atoms with van der Waals surface area (Å²) in [4.78, 5) is 24.0. The molecule has 8 nitrogen and oxygen atoms in total. The Morgan fingerprint density at radius 1 is 1.33 bits per heavy atom. The Labute approximate surface area is 138 Å². The highest BCUT2D eigenvalue weighted by Gasteiger charge is 2.22. The normalized spacial score (nSPS) is 9.92. The third-order valence-electron chi connectivity index (χ3n) is 3.48. The Morgan fingerprint density at radius 3 is 2.58 bits per heavy atom. The van der Waals surface area contributed by atoms with E-state index in [0.29, 0.717) is 11.4 Å². The minimum Gasteiger partial charge on any atom is -0.496 e. The Hall–Kier alpha value is -3.47. The summed E-state index contributed by atoms with van der Waals surface area (Å²) in [7, 11) is 4.16. The maximum Gasteiger partial charge on any atom is 0.357 e. The molecular weight excluding hydrogens is 312 g/mol. The smallest absolute Gasteiger partial charge is 0.357 e. The number of carbonyl (C=O) groups excluding carboxylic acids is 2. The van der Waals surface area contributed by atoms with Crippen LogP contribution in [0.1, 0.15) is 26.4 Å². The Morgan fingerprint density at radius 2 is 2.04 bits per heavy atom. The number of nitriles is 1. The number of carbonyl (C=O) groups is 2. The summed E-state index contributed by atoms with van der Waals surface area (Å²) in [6.07, 6.45) is 1.41. The molecule has 0 saturated carbocycles. The van der Waals surface area contributed by atoms with Crippen molar-refractivity contribution in [2.24, 2.45) is 0 Å². The SMILES string of the molecule is CNC(=O)c1cc(-n2cc(C#N)c(N)c2C(=O)OC)ccc1OC. The van der Waals surface area contributed by atoms with Gasteiger partial charge in [0.2, 0.25) is 0 Å². The highest BCUT2D eigenvalue weighted by molar-refractivity contribution is 5.98. The maximum absolute atomic E-state index is 12.0. The lowest BCUT2D eigenvalue weighted by Gasteiger charge is -2.12. The molecule has 0 aliphatic carbocycles. The van der Waals surface area contributed by atoms with Crippen LogP contribution in [0.25, 0.3) is 5.69 Å². The number of amides is 1. The zero-order chi connectivity index (χ0) is 17.9. The van der Waals surface area contributed by atoms with Crippen molar-refractivity contribution < 1.29 is 19.1 Å². The van der Waals surface area contributed by atoms with Gasteiger partial charge in [0, 0.05) is 18.9 Å². The standard InChI is InChI=1S/C16H16N4O4/c1-19-15(21)11-6-10(4-5-12(11)23-2)20-8-9(7-17)13(18)14(20)16(22)24-3/h4-6,8H,18H2,1-3H3,(H,19,21). The molecule has 0 bridgehead atoms. The van der Waals surface area contributed by atoms with Gasteiger partial charge in [-0.2, -0.15) is 5.26 Å². The molecule has 0 aliphatic heterocycles. The fourth-order valence-electron chi connectivity index (χ4n) is 2.28. The van der Waals surface area contributed by atoms with Crippen LogP contribution in [0.5, 0.6) is 5.75 Å². The van der Waals surface area contributed by atoms with E-state index in [0.717, 1.165) is 0 Å². The number of hydrogen-bond acceptors (Lipinski definition) is 6. The van der Waals surface area contributed by atoms with Gasteiger partial charge in [-0.05, 0) is 18.2 Å². The van der Waals surface area contributed by atoms with E-state index in [2.05, 4.69) is 5.32 Å². The van der Waals surface area contributed by atoms with Crippen molar-refractivity contribution in [1.29, 1.82) is 5.26 Å². The van der Waals surface area contributed by atoms with E-state index in [9.17, 15) is 9.59 Å². The first-order chi connectivity index (χ1) is 11.5. The monoisotopic (exact) mass is 328 g/mol. The average molecular weight is 328 g/mol. The molecule has 2 aromatic rings. The molecule has 0 saturated heterocycles. The number of benzene rings is 1. The first-order valence-corrected chi connectivity index (χ1v) is 6.88. The largest absolute Gasteiger partial charge is 0.496 e. The van der Waals surface area contributed by atoms with Crippen LogP contribution < -0.4 is 15.8 Å². The average Bonchev–Trinajstić information content (AvgIpc) is 2.96. The van der Waals surface area contributed by atoms with Crippen molar-refractivity contribution in [1.82, 2.24) is 9.88 Å². The van der Waals surface area contributed by atoms with Gasteiger partial charge in [-0.3, -0.25) is 4.79 Å². The molecule has 0 atom stereocenters. The molecule has 8 heteroatoms. The summed E-state index contributed by atoms with van der Waals surface area (Å²) in [6.45, 7) is 0. The number of nitrogens with zero attached hydrogens (tertiary/aromatic N) is 2. The number of anilines is 1. The van der Waals surface area contributed by atoms with Gasteiger partial charge in [0.1, 0.15) is 11.8 Å². The van der Waals surface area contributed by atoms with Crippen LogP contribution in [-0.4, -0.2) is 37.7 Å². The molecule has 1 aromatic heterocycles. The number of nitrogens with one attached hydrogen (secondary N) is 1. The summed E-state index contributed by atoms with van der Waals surface area (Å²) in [5.41, 5.74) is 6.76. The molecule has 0 radical (unpaired) electrons. The summed E-state index contributed by atoms with van der Waals surface area (Å²) in [5.74, 6) is -0.668. The number of nitrogen functional groups attached to an aromatic ring is 1. The van der Waals surface area contributed by atoms with Gasteiger partial charge in [0.15, 0.2) is 5.69 Å². The number of aromatic nitrogens is 1. The Balaban J connectivity index is 2.71. The maximum atomic E-state index is 12.0. The Kier molecular flexibility index (Phi) is 4.75. The zero-order valence-corrected chi connectivity index (χ0v) is 13.4. The number of hydrogen-bond donors (Lipinski definition) is 2. The van der Waals surface area contributed by atoms with Crippen LogP contribution in [0.4, 0.5) is 5.69 Å². The molecule has 1 amide bonds.